The molecule has 1 aromatic carbocycles. The van der Waals surface area contributed by atoms with Gasteiger partial charge in [-0.15, -0.1) is 11.3 Å². The fourth-order valence-electron chi connectivity index (χ4n) is 4.15. The van der Waals surface area contributed by atoms with Crippen molar-refractivity contribution in [3.05, 3.63) is 45.6 Å². The SMILES string of the molecule is Cc1ccsc1CN(Cc1ccc2c(c1)OCO2)C(=O)CN(C[C@@H]1CCCO1)C(=O)NC(C)(C)C. The number of amides is 3. The highest BCUT2D eigenvalue weighted by molar-refractivity contribution is 7.10. The number of rotatable bonds is 8. The third-order valence-electron chi connectivity index (χ3n) is 6.01. The summed E-state index contributed by atoms with van der Waals surface area (Å²) in [5.74, 6) is 1.28. The van der Waals surface area contributed by atoms with Gasteiger partial charge in [-0.2, -0.15) is 0 Å². The largest absolute Gasteiger partial charge is 0.454 e. The Morgan fingerprint density at radius 2 is 1.91 bits per heavy atom. The van der Waals surface area contributed by atoms with Crippen LogP contribution in [0, 0.1) is 6.92 Å². The molecule has 1 saturated heterocycles. The molecule has 1 fully saturated rings. The molecule has 190 valence electrons. The Bertz CT molecular complexity index is 1040. The second-order valence-electron chi connectivity index (χ2n) is 10.2. The minimum absolute atomic E-state index is 0.0171. The molecule has 0 bridgehead atoms. The van der Waals surface area contributed by atoms with Gasteiger partial charge in [0.2, 0.25) is 12.7 Å². The average molecular weight is 502 g/mol. The summed E-state index contributed by atoms with van der Waals surface area (Å²) in [5, 5.41) is 5.04. The summed E-state index contributed by atoms with van der Waals surface area (Å²) in [5.41, 5.74) is 1.69. The molecule has 0 radical (unpaired) electrons. The van der Waals surface area contributed by atoms with Crippen LogP contribution in [0.1, 0.15) is 49.6 Å². The van der Waals surface area contributed by atoms with Gasteiger partial charge in [-0.3, -0.25) is 4.79 Å². The van der Waals surface area contributed by atoms with Gasteiger partial charge in [-0.1, -0.05) is 6.07 Å². The van der Waals surface area contributed by atoms with E-state index in [0.29, 0.717) is 37.7 Å². The monoisotopic (exact) mass is 501 g/mol. The van der Waals surface area contributed by atoms with E-state index in [2.05, 4.69) is 18.3 Å². The Morgan fingerprint density at radius 3 is 2.60 bits per heavy atom. The number of benzene rings is 1. The second kappa shape index (κ2) is 10.9. The van der Waals surface area contributed by atoms with Crippen LogP contribution in [-0.2, 0) is 22.6 Å². The molecule has 1 N–H and O–H groups in total. The Hall–Kier alpha value is -2.78. The normalized spacial score (nSPS) is 16.9. The van der Waals surface area contributed by atoms with Crippen molar-refractivity contribution < 1.29 is 23.8 Å². The lowest BCUT2D eigenvalue weighted by atomic mass is 10.1. The van der Waals surface area contributed by atoms with Crippen molar-refractivity contribution in [3.8, 4) is 11.5 Å². The molecule has 3 heterocycles. The quantitative estimate of drug-likeness (QED) is 0.583. The summed E-state index contributed by atoms with van der Waals surface area (Å²) in [4.78, 5) is 31.3. The molecule has 0 aliphatic carbocycles. The maximum Gasteiger partial charge on any atom is 0.318 e. The van der Waals surface area contributed by atoms with Crippen molar-refractivity contribution in [1.29, 1.82) is 0 Å². The van der Waals surface area contributed by atoms with Crippen molar-refractivity contribution >= 4 is 23.3 Å². The number of hydrogen-bond donors (Lipinski definition) is 1. The number of hydrogen-bond acceptors (Lipinski definition) is 6. The number of carbonyl (C=O) groups excluding carboxylic acids is 2. The van der Waals surface area contributed by atoms with E-state index in [4.69, 9.17) is 14.2 Å². The summed E-state index contributed by atoms with van der Waals surface area (Å²) < 4.78 is 16.7. The highest BCUT2D eigenvalue weighted by atomic mass is 32.1. The Morgan fingerprint density at radius 1 is 1.11 bits per heavy atom. The van der Waals surface area contributed by atoms with Crippen LogP contribution in [0.3, 0.4) is 0 Å². The van der Waals surface area contributed by atoms with Gasteiger partial charge in [-0.05, 0) is 75.2 Å². The first kappa shape index (κ1) is 25.3. The molecule has 2 aliphatic rings. The van der Waals surface area contributed by atoms with E-state index in [-0.39, 0.29) is 31.4 Å². The second-order valence-corrected chi connectivity index (χ2v) is 11.2. The molecular formula is C26H35N3O5S. The van der Waals surface area contributed by atoms with Gasteiger partial charge in [0.1, 0.15) is 6.54 Å². The van der Waals surface area contributed by atoms with Crippen LogP contribution >= 0.6 is 11.3 Å². The Labute approximate surface area is 211 Å². The lowest BCUT2D eigenvalue weighted by Gasteiger charge is -2.31. The summed E-state index contributed by atoms with van der Waals surface area (Å²) >= 11 is 1.63. The van der Waals surface area contributed by atoms with E-state index in [9.17, 15) is 9.59 Å². The summed E-state index contributed by atoms with van der Waals surface area (Å²) in [6, 6.07) is 7.55. The van der Waals surface area contributed by atoms with Gasteiger partial charge in [-0.25, -0.2) is 4.79 Å². The molecule has 4 rings (SSSR count). The number of ether oxygens (including phenoxy) is 3. The van der Waals surface area contributed by atoms with Gasteiger partial charge in [0.15, 0.2) is 11.5 Å². The summed E-state index contributed by atoms with van der Waals surface area (Å²) in [6.45, 7) is 10.0. The number of nitrogens with zero attached hydrogens (tertiary/aromatic N) is 2. The van der Waals surface area contributed by atoms with Crippen LogP contribution in [0.25, 0.3) is 0 Å². The lowest BCUT2D eigenvalue weighted by Crippen LogP contribution is -2.53. The standard InChI is InChI=1S/C26H35N3O5S/c1-18-9-11-35-23(18)15-28(13-19-7-8-21-22(12-19)34-17-33-21)24(30)16-29(14-20-6-5-10-32-20)25(31)27-26(2,3)4/h7-9,11-12,20H,5-6,10,13-17H2,1-4H3,(H,27,31)/t20-/m0/s1. The van der Waals surface area contributed by atoms with Crippen LogP contribution in [0.4, 0.5) is 4.79 Å². The first-order chi connectivity index (χ1) is 16.7. The molecule has 0 unspecified atom stereocenters. The summed E-state index contributed by atoms with van der Waals surface area (Å²) in [6.07, 6.45) is 1.82. The van der Waals surface area contributed by atoms with Gasteiger partial charge in [0.25, 0.3) is 0 Å². The maximum atomic E-state index is 13.7. The predicted octanol–water partition coefficient (Wildman–Crippen LogP) is 4.30. The number of nitrogens with one attached hydrogen (secondary N) is 1. The van der Waals surface area contributed by atoms with Crippen molar-refractivity contribution in [1.82, 2.24) is 15.1 Å². The molecule has 35 heavy (non-hydrogen) atoms. The first-order valence-corrected chi connectivity index (χ1v) is 12.9. The smallest absolute Gasteiger partial charge is 0.318 e. The van der Waals surface area contributed by atoms with E-state index in [1.165, 1.54) is 0 Å². The zero-order valence-corrected chi connectivity index (χ0v) is 21.8. The van der Waals surface area contributed by atoms with Crippen LogP contribution in [0.15, 0.2) is 29.6 Å². The Kier molecular flexibility index (Phi) is 7.86. The van der Waals surface area contributed by atoms with Crippen LogP contribution in [0.5, 0.6) is 11.5 Å². The summed E-state index contributed by atoms with van der Waals surface area (Å²) in [7, 11) is 0. The van der Waals surface area contributed by atoms with Crippen molar-refractivity contribution in [3.63, 3.8) is 0 Å². The number of urea groups is 1. The molecule has 0 spiro atoms. The van der Waals surface area contributed by atoms with E-state index in [1.807, 2.05) is 49.3 Å². The zero-order valence-electron chi connectivity index (χ0n) is 21.0. The van der Waals surface area contributed by atoms with Gasteiger partial charge in [0, 0.05) is 30.1 Å². The highest BCUT2D eigenvalue weighted by Crippen LogP contribution is 2.33. The van der Waals surface area contributed by atoms with E-state index < -0.39 is 5.54 Å². The average Bonchev–Trinajstić information content (AvgIpc) is 3.54. The molecule has 2 aliphatic heterocycles. The van der Waals surface area contributed by atoms with Crippen LogP contribution < -0.4 is 14.8 Å². The fourth-order valence-corrected chi connectivity index (χ4v) is 5.07. The van der Waals surface area contributed by atoms with Crippen LogP contribution in [0.2, 0.25) is 0 Å². The molecule has 9 heteroatoms. The third kappa shape index (κ3) is 6.89. The number of carbonyl (C=O) groups is 2. The van der Waals surface area contributed by atoms with E-state index in [0.717, 1.165) is 28.8 Å². The van der Waals surface area contributed by atoms with E-state index >= 15 is 0 Å². The van der Waals surface area contributed by atoms with Crippen molar-refractivity contribution in [2.45, 2.75) is 65.3 Å². The lowest BCUT2D eigenvalue weighted by molar-refractivity contribution is -0.133. The molecule has 1 atom stereocenters. The van der Waals surface area contributed by atoms with Gasteiger partial charge < -0.3 is 29.3 Å². The minimum Gasteiger partial charge on any atom is -0.454 e. The first-order valence-electron chi connectivity index (χ1n) is 12.1. The minimum atomic E-state index is -0.408. The molecular weight excluding hydrogens is 466 g/mol. The molecule has 8 nitrogen and oxygen atoms in total. The Balaban J connectivity index is 1.53. The van der Waals surface area contributed by atoms with E-state index in [1.54, 1.807) is 16.2 Å². The highest BCUT2D eigenvalue weighted by Gasteiger charge is 2.29. The zero-order chi connectivity index (χ0) is 25.0. The third-order valence-corrected chi connectivity index (χ3v) is 7.02. The molecule has 3 amide bonds. The number of thiophene rings is 1. The van der Waals surface area contributed by atoms with Gasteiger partial charge in [0.05, 0.1) is 12.6 Å². The topological polar surface area (TPSA) is 80.3 Å². The number of fused-ring (bicyclic) bond motifs is 1. The van der Waals surface area contributed by atoms with Crippen molar-refractivity contribution in [2.75, 3.05) is 26.5 Å². The molecule has 1 aromatic heterocycles. The van der Waals surface area contributed by atoms with Crippen LogP contribution in [-0.4, -0.2) is 59.9 Å². The molecule has 0 saturated carbocycles. The predicted molar refractivity (Wildman–Crippen MR) is 135 cm³/mol. The molecule has 2 aromatic rings. The number of aryl methyl sites for hydroxylation is 1. The fraction of sp³-hybridized carbons (Fsp3) is 0.538. The van der Waals surface area contributed by atoms with Gasteiger partial charge >= 0.3 is 6.03 Å². The maximum absolute atomic E-state index is 13.7. The van der Waals surface area contributed by atoms with Crippen molar-refractivity contribution in [2.24, 2.45) is 0 Å².